The van der Waals surface area contributed by atoms with E-state index in [9.17, 15) is 0 Å². The number of quaternary nitrogens is 1. The Balaban J connectivity index is 1.75. The van der Waals surface area contributed by atoms with Crippen LogP contribution in [0.2, 0.25) is 5.02 Å². The van der Waals surface area contributed by atoms with Crippen molar-refractivity contribution in [2.24, 2.45) is 0 Å². The molecule has 0 saturated carbocycles. The van der Waals surface area contributed by atoms with Crippen LogP contribution >= 0.6 is 22.9 Å². The van der Waals surface area contributed by atoms with E-state index in [1.165, 1.54) is 4.90 Å². The summed E-state index contributed by atoms with van der Waals surface area (Å²) in [5, 5.41) is 11.0. The zero-order chi connectivity index (χ0) is 17.1. The van der Waals surface area contributed by atoms with Gasteiger partial charge in [-0.15, -0.1) is 21.5 Å². The highest BCUT2D eigenvalue weighted by Crippen LogP contribution is 2.25. The molecule has 0 fully saturated rings. The Bertz CT molecular complexity index is 804. The van der Waals surface area contributed by atoms with Gasteiger partial charge < -0.3 is 14.1 Å². The van der Waals surface area contributed by atoms with Gasteiger partial charge in [0.05, 0.1) is 19.0 Å². The summed E-state index contributed by atoms with van der Waals surface area (Å²) in [5.74, 6) is 2.02. The van der Waals surface area contributed by atoms with Crippen molar-refractivity contribution in [1.82, 2.24) is 10.2 Å². The van der Waals surface area contributed by atoms with Gasteiger partial charge in [-0.2, -0.15) is 0 Å². The fourth-order valence-electron chi connectivity index (χ4n) is 2.46. The summed E-state index contributed by atoms with van der Waals surface area (Å²) >= 11 is 7.69. The molecule has 5 nitrogen and oxygen atoms in total. The molecule has 24 heavy (non-hydrogen) atoms. The average Bonchev–Trinajstić information content (AvgIpc) is 3.25. The Labute approximate surface area is 149 Å². The van der Waals surface area contributed by atoms with E-state index in [-0.39, 0.29) is 6.04 Å². The third-order valence-electron chi connectivity index (χ3n) is 3.99. The van der Waals surface area contributed by atoms with E-state index in [2.05, 4.69) is 24.2 Å². The summed E-state index contributed by atoms with van der Waals surface area (Å²) in [4.78, 5) is 2.19. The van der Waals surface area contributed by atoms with E-state index in [0.717, 1.165) is 22.7 Å². The molecule has 2 heterocycles. The van der Waals surface area contributed by atoms with E-state index >= 15 is 0 Å². The van der Waals surface area contributed by atoms with Gasteiger partial charge in [0.2, 0.25) is 0 Å². The first-order valence-electron chi connectivity index (χ1n) is 7.60. The number of ether oxygens (including phenoxy) is 1. The molecule has 3 aromatic rings. The minimum absolute atomic E-state index is 0.0508. The minimum Gasteiger partial charge on any atom is -0.496 e. The fraction of sp³-hybridized carbons (Fsp3) is 0.294. The van der Waals surface area contributed by atoms with Crippen LogP contribution in [0.1, 0.15) is 24.4 Å². The average molecular weight is 365 g/mol. The van der Waals surface area contributed by atoms with Gasteiger partial charge in [0.25, 0.3) is 11.8 Å². The second-order valence-electron chi connectivity index (χ2n) is 5.62. The molecule has 126 valence electrons. The van der Waals surface area contributed by atoms with Crippen LogP contribution in [0.15, 0.2) is 40.1 Å². The van der Waals surface area contributed by atoms with Crippen LogP contribution in [0.25, 0.3) is 10.8 Å². The lowest BCUT2D eigenvalue weighted by Gasteiger charge is -2.20. The number of hydrogen-bond donors (Lipinski definition) is 1. The predicted octanol–water partition coefficient (Wildman–Crippen LogP) is 3.24. The monoisotopic (exact) mass is 364 g/mol. The molecule has 0 aliphatic carbocycles. The van der Waals surface area contributed by atoms with Gasteiger partial charge in [0.15, 0.2) is 6.04 Å². The van der Waals surface area contributed by atoms with Crippen LogP contribution in [-0.2, 0) is 6.54 Å². The molecule has 0 spiro atoms. The lowest BCUT2D eigenvalue weighted by Crippen LogP contribution is -3.07. The summed E-state index contributed by atoms with van der Waals surface area (Å²) in [7, 11) is 3.75. The number of rotatable bonds is 6. The van der Waals surface area contributed by atoms with Gasteiger partial charge in [0, 0.05) is 10.6 Å². The molecule has 7 heteroatoms. The Morgan fingerprint density at radius 1 is 1.33 bits per heavy atom. The zero-order valence-electron chi connectivity index (χ0n) is 13.7. The van der Waals surface area contributed by atoms with Crippen molar-refractivity contribution in [1.29, 1.82) is 0 Å². The Morgan fingerprint density at radius 2 is 2.17 bits per heavy atom. The van der Waals surface area contributed by atoms with Crippen molar-refractivity contribution < 1.29 is 14.1 Å². The van der Waals surface area contributed by atoms with Crippen LogP contribution < -0.4 is 9.64 Å². The van der Waals surface area contributed by atoms with Crippen LogP contribution in [0, 0.1) is 0 Å². The lowest BCUT2D eigenvalue weighted by molar-refractivity contribution is -0.925. The van der Waals surface area contributed by atoms with Crippen molar-refractivity contribution in [2.45, 2.75) is 19.5 Å². The van der Waals surface area contributed by atoms with Crippen LogP contribution in [0.3, 0.4) is 0 Å². The summed E-state index contributed by atoms with van der Waals surface area (Å²) < 4.78 is 11.3. The zero-order valence-corrected chi connectivity index (χ0v) is 15.3. The minimum atomic E-state index is 0.0508. The number of hydrogen-bond acceptors (Lipinski definition) is 5. The molecular weight excluding hydrogens is 346 g/mol. The third kappa shape index (κ3) is 3.61. The molecule has 0 amide bonds. The highest BCUT2D eigenvalue weighted by atomic mass is 35.5. The lowest BCUT2D eigenvalue weighted by atomic mass is 10.1. The maximum atomic E-state index is 6.11. The van der Waals surface area contributed by atoms with Crippen molar-refractivity contribution >= 4 is 22.9 Å². The van der Waals surface area contributed by atoms with E-state index in [1.54, 1.807) is 18.4 Å². The van der Waals surface area contributed by atoms with Crippen molar-refractivity contribution in [2.75, 3.05) is 14.2 Å². The number of nitrogens with zero attached hydrogens (tertiary/aromatic N) is 2. The quantitative estimate of drug-likeness (QED) is 0.729. The number of aromatic nitrogens is 2. The Kier molecular flexibility index (Phi) is 5.18. The van der Waals surface area contributed by atoms with Gasteiger partial charge in [-0.05, 0) is 36.6 Å². The molecule has 2 atom stereocenters. The topological polar surface area (TPSA) is 52.6 Å². The normalized spacial score (nSPS) is 13.7. The maximum absolute atomic E-state index is 6.11. The molecule has 0 radical (unpaired) electrons. The first-order chi connectivity index (χ1) is 11.6. The number of thiophene rings is 1. The molecule has 2 aromatic heterocycles. The largest absolute Gasteiger partial charge is 0.496 e. The molecule has 0 saturated heterocycles. The van der Waals surface area contributed by atoms with Gasteiger partial charge >= 0.3 is 0 Å². The Morgan fingerprint density at radius 3 is 2.88 bits per heavy atom. The fourth-order valence-corrected chi connectivity index (χ4v) is 3.30. The summed E-state index contributed by atoms with van der Waals surface area (Å²) in [6, 6.07) is 9.64. The van der Waals surface area contributed by atoms with E-state index in [0.29, 0.717) is 16.8 Å². The predicted molar refractivity (Wildman–Crippen MR) is 94.6 cm³/mol. The smallest absolute Gasteiger partial charge is 0.274 e. The van der Waals surface area contributed by atoms with Crippen molar-refractivity contribution in [3.63, 3.8) is 0 Å². The van der Waals surface area contributed by atoms with E-state index < -0.39 is 0 Å². The van der Waals surface area contributed by atoms with Gasteiger partial charge in [-0.1, -0.05) is 17.7 Å². The molecule has 1 unspecified atom stereocenters. The van der Waals surface area contributed by atoms with Gasteiger partial charge in [-0.3, -0.25) is 0 Å². The molecule has 0 aliphatic rings. The van der Waals surface area contributed by atoms with E-state index in [1.807, 2.05) is 35.7 Å². The molecule has 1 aromatic carbocycles. The highest BCUT2D eigenvalue weighted by molar-refractivity contribution is 7.13. The van der Waals surface area contributed by atoms with Crippen LogP contribution in [0.5, 0.6) is 5.75 Å². The molecule has 0 bridgehead atoms. The Hall–Kier alpha value is -1.89. The molecule has 1 N–H and O–H groups in total. The first kappa shape index (κ1) is 17.0. The highest BCUT2D eigenvalue weighted by Gasteiger charge is 2.24. The molecule has 0 aliphatic heterocycles. The van der Waals surface area contributed by atoms with Gasteiger partial charge in [0.1, 0.15) is 12.3 Å². The van der Waals surface area contributed by atoms with Crippen LogP contribution in [-0.4, -0.2) is 24.4 Å². The maximum Gasteiger partial charge on any atom is 0.274 e. The van der Waals surface area contributed by atoms with E-state index in [4.69, 9.17) is 20.8 Å². The SMILES string of the molecule is COc1ccc(Cl)cc1C[NH+](C)[C@H](C)c1nnc(-c2cccs2)o1. The first-order valence-corrected chi connectivity index (χ1v) is 8.86. The number of nitrogens with one attached hydrogen (secondary N) is 1. The molecule has 3 rings (SSSR count). The standard InChI is InChI=1S/C17H18ClN3O2S/c1-11(16-19-20-17(23-16)15-5-4-8-24-15)21(2)10-12-9-13(18)6-7-14(12)22-3/h4-9,11H,10H2,1-3H3/p+1/t11-/m1/s1. The number of methoxy groups -OCH3 is 1. The second-order valence-corrected chi connectivity index (χ2v) is 7.01. The summed E-state index contributed by atoms with van der Waals surface area (Å²) in [5.41, 5.74) is 1.05. The molecular formula is C17H19ClN3O2S+. The van der Waals surface area contributed by atoms with Gasteiger partial charge in [-0.25, -0.2) is 0 Å². The van der Waals surface area contributed by atoms with Crippen molar-refractivity contribution in [3.8, 4) is 16.5 Å². The van der Waals surface area contributed by atoms with Crippen molar-refractivity contribution in [3.05, 3.63) is 52.2 Å². The third-order valence-corrected chi connectivity index (χ3v) is 5.09. The second kappa shape index (κ2) is 7.34. The summed E-state index contributed by atoms with van der Waals surface area (Å²) in [6.45, 7) is 2.81. The number of benzene rings is 1. The summed E-state index contributed by atoms with van der Waals surface area (Å²) in [6.07, 6.45) is 0. The number of halogens is 1. The van der Waals surface area contributed by atoms with Crippen LogP contribution in [0.4, 0.5) is 0 Å².